The summed E-state index contributed by atoms with van der Waals surface area (Å²) < 4.78 is 50.2. The molecule has 0 aliphatic carbocycles. The van der Waals surface area contributed by atoms with Crippen LogP contribution in [0.3, 0.4) is 0 Å². The van der Waals surface area contributed by atoms with Gasteiger partial charge in [-0.1, -0.05) is 0 Å². The number of amides is 1. The van der Waals surface area contributed by atoms with Gasteiger partial charge in [-0.3, -0.25) is 4.57 Å². The zero-order valence-electron chi connectivity index (χ0n) is 18.0. The van der Waals surface area contributed by atoms with Gasteiger partial charge in [-0.25, -0.2) is 32.7 Å². The molecule has 0 bridgehead atoms. The first kappa shape index (κ1) is 22.9. The Labute approximate surface area is 189 Å². The van der Waals surface area contributed by atoms with Gasteiger partial charge in [-0.15, -0.1) is 0 Å². The van der Waals surface area contributed by atoms with Crippen LogP contribution in [0.1, 0.15) is 26.7 Å². The Morgan fingerprint density at radius 3 is 2.58 bits per heavy atom. The Kier molecular flexibility index (Phi) is 6.17. The average Bonchev–Trinajstić information content (AvgIpc) is 3.18. The van der Waals surface area contributed by atoms with E-state index in [0.29, 0.717) is 37.1 Å². The molecule has 2 N–H and O–H groups in total. The number of fused-ring (bicyclic) bond motifs is 1. The molecule has 0 unspecified atom stereocenters. The van der Waals surface area contributed by atoms with Gasteiger partial charge in [-0.05, 0) is 32.0 Å². The van der Waals surface area contributed by atoms with E-state index in [1.54, 1.807) is 18.7 Å². The van der Waals surface area contributed by atoms with Gasteiger partial charge in [0.05, 0.1) is 16.7 Å². The first-order chi connectivity index (χ1) is 15.6. The molecule has 1 aromatic carbocycles. The number of nitrogens with two attached hydrogens (primary N) is 1. The quantitative estimate of drug-likeness (QED) is 0.587. The number of hydrogen-bond donors (Lipinski definition) is 1. The van der Waals surface area contributed by atoms with Crippen molar-refractivity contribution in [2.24, 2.45) is 5.14 Å². The van der Waals surface area contributed by atoms with Crippen molar-refractivity contribution < 1.29 is 27.1 Å². The standard InChI is InChI=1S/C20H23FN6O5S/c1-12(2)31-20(28)26-7-5-13(6-8-26)32-19-17-18(23-10-24-19)27(11-25-17)16-4-3-14(9-15(16)21)33(22,29)30/h3-4,9-13H,5-8H2,1-2H3,(H2,22,29,30). The zero-order valence-corrected chi connectivity index (χ0v) is 18.8. The Morgan fingerprint density at radius 1 is 1.21 bits per heavy atom. The van der Waals surface area contributed by atoms with Gasteiger partial charge in [-0.2, -0.15) is 4.98 Å². The first-order valence-corrected chi connectivity index (χ1v) is 11.8. The van der Waals surface area contributed by atoms with Crippen molar-refractivity contribution in [2.75, 3.05) is 13.1 Å². The highest BCUT2D eigenvalue weighted by molar-refractivity contribution is 7.89. The van der Waals surface area contributed by atoms with Gasteiger partial charge < -0.3 is 14.4 Å². The SMILES string of the molecule is CC(C)OC(=O)N1CCC(Oc2ncnc3c2ncn3-c2ccc(S(N)(=O)=O)cc2F)CC1. The minimum atomic E-state index is -4.03. The molecule has 0 radical (unpaired) electrons. The van der Waals surface area contributed by atoms with E-state index in [-0.39, 0.29) is 34.8 Å². The minimum absolute atomic E-state index is 0.0477. The number of benzene rings is 1. The van der Waals surface area contributed by atoms with E-state index >= 15 is 0 Å². The fourth-order valence-electron chi connectivity index (χ4n) is 3.53. The second kappa shape index (κ2) is 8.90. The number of rotatable bonds is 5. The van der Waals surface area contributed by atoms with Gasteiger partial charge in [0.15, 0.2) is 11.2 Å². The van der Waals surface area contributed by atoms with Crippen LogP contribution in [0.15, 0.2) is 35.7 Å². The number of aromatic nitrogens is 4. The van der Waals surface area contributed by atoms with E-state index in [4.69, 9.17) is 14.6 Å². The zero-order chi connectivity index (χ0) is 23.8. The van der Waals surface area contributed by atoms with Crippen LogP contribution >= 0.6 is 0 Å². The van der Waals surface area contributed by atoms with Crippen LogP contribution in [-0.4, -0.2) is 64.2 Å². The third-order valence-electron chi connectivity index (χ3n) is 5.12. The highest BCUT2D eigenvalue weighted by Crippen LogP contribution is 2.27. The Morgan fingerprint density at radius 2 is 1.94 bits per heavy atom. The maximum atomic E-state index is 14.6. The van der Waals surface area contributed by atoms with Gasteiger partial charge in [0, 0.05) is 25.9 Å². The predicted molar refractivity (Wildman–Crippen MR) is 115 cm³/mol. The molecule has 4 rings (SSSR count). The number of sulfonamides is 1. The number of halogens is 1. The van der Waals surface area contributed by atoms with Crippen LogP contribution in [0.2, 0.25) is 0 Å². The monoisotopic (exact) mass is 478 g/mol. The van der Waals surface area contributed by atoms with E-state index in [1.165, 1.54) is 29.4 Å². The number of piperidine rings is 1. The van der Waals surface area contributed by atoms with Crippen molar-refractivity contribution in [1.82, 2.24) is 24.4 Å². The lowest BCUT2D eigenvalue weighted by atomic mass is 10.1. The third-order valence-corrected chi connectivity index (χ3v) is 6.03. The number of primary sulfonamides is 1. The van der Waals surface area contributed by atoms with Gasteiger partial charge >= 0.3 is 6.09 Å². The smallest absolute Gasteiger partial charge is 0.410 e. The van der Waals surface area contributed by atoms with Crippen molar-refractivity contribution in [2.45, 2.75) is 43.8 Å². The van der Waals surface area contributed by atoms with E-state index in [2.05, 4.69) is 15.0 Å². The molecule has 3 aromatic rings. The van der Waals surface area contributed by atoms with Crippen LogP contribution < -0.4 is 9.88 Å². The van der Waals surface area contributed by atoms with Crippen molar-refractivity contribution in [3.05, 3.63) is 36.7 Å². The van der Waals surface area contributed by atoms with Crippen LogP contribution in [0, 0.1) is 5.82 Å². The number of likely N-dealkylation sites (tertiary alicyclic amines) is 1. The molecule has 176 valence electrons. The predicted octanol–water partition coefficient (Wildman–Crippen LogP) is 1.99. The first-order valence-electron chi connectivity index (χ1n) is 10.3. The molecule has 33 heavy (non-hydrogen) atoms. The number of hydrogen-bond acceptors (Lipinski definition) is 8. The maximum Gasteiger partial charge on any atom is 0.410 e. The molecular formula is C20H23FN6O5S. The highest BCUT2D eigenvalue weighted by Gasteiger charge is 2.27. The molecule has 0 saturated carbocycles. The van der Waals surface area contributed by atoms with E-state index in [1.807, 2.05) is 0 Å². The molecule has 2 aromatic heterocycles. The summed E-state index contributed by atoms with van der Waals surface area (Å²) in [5.74, 6) is -0.564. The molecule has 0 atom stereocenters. The average molecular weight is 479 g/mol. The highest BCUT2D eigenvalue weighted by atomic mass is 32.2. The fourth-order valence-corrected chi connectivity index (χ4v) is 4.05. The Bertz CT molecular complexity index is 1290. The molecule has 1 aliphatic heterocycles. The Balaban J connectivity index is 1.53. The van der Waals surface area contributed by atoms with Crippen molar-refractivity contribution in [1.29, 1.82) is 0 Å². The van der Waals surface area contributed by atoms with Gasteiger partial charge in [0.2, 0.25) is 15.9 Å². The lowest BCUT2D eigenvalue weighted by Crippen LogP contribution is -2.42. The summed E-state index contributed by atoms with van der Waals surface area (Å²) in [7, 11) is -4.03. The number of carbonyl (C=O) groups is 1. The molecular weight excluding hydrogens is 455 g/mol. The molecule has 11 nitrogen and oxygen atoms in total. The summed E-state index contributed by atoms with van der Waals surface area (Å²) in [6, 6.07) is 3.33. The van der Waals surface area contributed by atoms with E-state index < -0.39 is 15.8 Å². The van der Waals surface area contributed by atoms with Crippen molar-refractivity contribution in [3.8, 4) is 11.6 Å². The maximum absolute atomic E-state index is 14.6. The second-order valence-corrected chi connectivity index (χ2v) is 9.42. The largest absolute Gasteiger partial charge is 0.473 e. The minimum Gasteiger partial charge on any atom is -0.473 e. The van der Waals surface area contributed by atoms with Crippen LogP contribution in [0.25, 0.3) is 16.9 Å². The van der Waals surface area contributed by atoms with Crippen LogP contribution in [0.5, 0.6) is 5.88 Å². The number of imidazole rings is 1. The second-order valence-electron chi connectivity index (χ2n) is 7.86. The lowest BCUT2D eigenvalue weighted by Gasteiger charge is -2.31. The molecule has 1 aliphatic rings. The third kappa shape index (κ3) is 4.88. The lowest BCUT2D eigenvalue weighted by molar-refractivity contribution is 0.0510. The molecule has 3 heterocycles. The van der Waals surface area contributed by atoms with Crippen LogP contribution in [0.4, 0.5) is 9.18 Å². The Hall–Kier alpha value is -3.32. The summed E-state index contributed by atoms with van der Waals surface area (Å²) in [5.41, 5.74) is 0.667. The molecule has 13 heteroatoms. The van der Waals surface area contributed by atoms with E-state index in [0.717, 1.165) is 6.07 Å². The summed E-state index contributed by atoms with van der Waals surface area (Å²) in [4.78, 5) is 26.0. The normalized spacial score (nSPS) is 15.2. The summed E-state index contributed by atoms with van der Waals surface area (Å²) in [6.07, 6.45) is 3.08. The van der Waals surface area contributed by atoms with Gasteiger partial charge in [0.25, 0.3) is 0 Å². The number of carbonyl (C=O) groups excluding carboxylic acids is 1. The molecule has 0 spiro atoms. The van der Waals surface area contributed by atoms with Crippen molar-refractivity contribution in [3.63, 3.8) is 0 Å². The summed E-state index contributed by atoms with van der Waals surface area (Å²) >= 11 is 0. The van der Waals surface area contributed by atoms with Crippen LogP contribution in [-0.2, 0) is 14.8 Å². The van der Waals surface area contributed by atoms with Gasteiger partial charge in [0.1, 0.15) is 24.6 Å². The fraction of sp³-hybridized carbons (Fsp3) is 0.400. The van der Waals surface area contributed by atoms with E-state index in [9.17, 15) is 17.6 Å². The van der Waals surface area contributed by atoms with Crippen molar-refractivity contribution >= 4 is 27.3 Å². The summed E-state index contributed by atoms with van der Waals surface area (Å²) in [5, 5.41) is 5.06. The topological polar surface area (TPSA) is 143 Å². The number of ether oxygens (including phenoxy) is 2. The molecule has 1 fully saturated rings. The molecule has 1 saturated heterocycles. The molecule has 1 amide bonds. The number of nitrogens with zero attached hydrogens (tertiary/aromatic N) is 5. The summed E-state index contributed by atoms with van der Waals surface area (Å²) in [6.45, 7) is 4.57.